The first kappa shape index (κ1) is 21.1. The van der Waals surface area contributed by atoms with Crippen LogP contribution in [0.15, 0.2) is 47.1 Å². The summed E-state index contributed by atoms with van der Waals surface area (Å²) in [5.74, 6) is -2.70. The zero-order chi connectivity index (χ0) is 21.1. The molecule has 0 radical (unpaired) electrons. The van der Waals surface area contributed by atoms with Gasteiger partial charge in [-0.1, -0.05) is 12.1 Å². The molecule has 1 aromatic carbocycles. The number of carbonyl (C=O) groups is 1. The summed E-state index contributed by atoms with van der Waals surface area (Å²) >= 11 is 0. The Morgan fingerprint density at radius 1 is 1.43 bits per heavy atom. The van der Waals surface area contributed by atoms with E-state index in [2.05, 4.69) is 4.74 Å². The third-order valence-electron chi connectivity index (χ3n) is 3.80. The highest BCUT2D eigenvalue weighted by Crippen LogP contribution is 2.41. The number of hydrogen-bond acceptors (Lipinski definition) is 6. The van der Waals surface area contributed by atoms with E-state index in [-0.39, 0.29) is 35.0 Å². The number of hydrogen-bond donors (Lipinski definition) is 1. The van der Waals surface area contributed by atoms with Crippen LogP contribution in [-0.2, 0) is 14.3 Å². The number of nitriles is 1. The second kappa shape index (κ2) is 8.21. The van der Waals surface area contributed by atoms with Crippen molar-refractivity contribution >= 4 is 5.97 Å². The molecule has 0 aromatic heterocycles. The second-order valence-electron chi connectivity index (χ2n) is 5.65. The summed E-state index contributed by atoms with van der Waals surface area (Å²) in [7, 11) is 0. The van der Waals surface area contributed by atoms with Crippen LogP contribution in [0.5, 0.6) is 5.75 Å². The van der Waals surface area contributed by atoms with Gasteiger partial charge >= 0.3 is 18.5 Å². The lowest BCUT2D eigenvalue weighted by Gasteiger charge is -2.27. The minimum atomic E-state index is -4.71. The molecule has 6 nitrogen and oxygen atoms in total. The predicted molar refractivity (Wildman–Crippen MR) is 88.0 cm³/mol. The standard InChI is InChI=1S/C18H16F4N2O4/c1-3-26-16(25)13-9(2)27-15(24)12(8-23)14(13)10-5-4-6-11(7-10)28-18(21,22)17(19)20/h4-7,14,17H,3,24H2,1-2H3. The third-order valence-corrected chi connectivity index (χ3v) is 3.80. The number of nitrogens with zero attached hydrogens (tertiary/aromatic N) is 1. The molecule has 0 fully saturated rings. The molecule has 28 heavy (non-hydrogen) atoms. The van der Waals surface area contributed by atoms with Crippen LogP contribution in [0.1, 0.15) is 25.3 Å². The molecule has 10 heteroatoms. The normalized spacial score (nSPS) is 17.3. The lowest BCUT2D eigenvalue weighted by atomic mass is 9.83. The SMILES string of the molecule is CCOC(=O)C1=C(C)OC(N)=C(C#N)C1c1cccc(OC(F)(F)C(F)F)c1. The van der Waals surface area contributed by atoms with Crippen molar-refractivity contribution in [2.24, 2.45) is 5.73 Å². The number of nitrogens with two attached hydrogens (primary N) is 1. The lowest BCUT2D eigenvalue weighted by Crippen LogP contribution is -2.33. The van der Waals surface area contributed by atoms with Gasteiger partial charge in [0.05, 0.1) is 18.1 Å². The number of halogens is 4. The maximum Gasteiger partial charge on any atom is 0.461 e. The van der Waals surface area contributed by atoms with Crippen LogP contribution >= 0.6 is 0 Å². The molecular formula is C18H16F4N2O4. The third kappa shape index (κ3) is 4.19. The summed E-state index contributed by atoms with van der Waals surface area (Å²) < 4.78 is 65.5. The average Bonchev–Trinajstić information content (AvgIpc) is 2.61. The van der Waals surface area contributed by atoms with Gasteiger partial charge in [-0.3, -0.25) is 0 Å². The molecule has 0 bridgehead atoms. The molecule has 0 saturated heterocycles. The fraction of sp³-hybridized carbons (Fsp3) is 0.333. The zero-order valence-corrected chi connectivity index (χ0v) is 14.8. The molecule has 0 aliphatic carbocycles. The summed E-state index contributed by atoms with van der Waals surface area (Å²) in [4.78, 5) is 12.4. The maximum atomic E-state index is 13.2. The molecule has 1 unspecified atom stereocenters. The Balaban J connectivity index is 2.55. The van der Waals surface area contributed by atoms with Crippen molar-refractivity contribution in [3.05, 3.63) is 52.6 Å². The molecule has 0 spiro atoms. The average molecular weight is 400 g/mol. The van der Waals surface area contributed by atoms with Crippen LogP contribution < -0.4 is 10.5 Å². The topological polar surface area (TPSA) is 94.6 Å². The van der Waals surface area contributed by atoms with E-state index in [1.54, 1.807) is 6.92 Å². The molecule has 2 N–H and O–H groups in total. The van der Waals surface area contributed by atoms with E-state index in [1.165, 1.54) is 19.1 Å². The number of benzene rings is 1. The summed E-state index contributed by atoms with van der Waals surface area (Å²) in [6, 6.07) is 6.53. The van der Waals surface area contributed by atoms with Crippen molar-refractivity contribution in [3.63, 3.8) is 0 Å². The summed E-state index contributed by atoms with van der Waals surface area (Å²) in [6.07, 6.45) is -8.75. The molecule has 0 amide bonds. The first-order chi connectivity index (χ1) is 13.1. The van der Waals surface area contributed by atoms with E-state index in [9.17, 15) is 27.6 Å². The monoisotopic (exact) mass is 400 g/mol. The lowest BCUT2D eigenvalue weighted by molar-refractivity contribution is -0.253. The van der Waals surface area contributed by atoms with Crippen LogP contribution in [0.25, 0.3) is 0 Å². The van der Waals surface area contributed by atoms with E-state index >= 15 is 0 Å². The molecule has 150 valence electrons. The van der Waals surface area contributed by atoms with Gasteiger partial charge in [0.1, 0.15) is 23.2 Å². The highest BCUT2D eigenvalue weighted by Gasteiger charge is 2.44. The Labute approximate surface area is 157 Å². The first-order valence-electron chi connectivity index (χ1n) is 8.02. The molecule has 2 rings (SSSR count). The van der Waals surface area contributed by atoms with Crippen molar-refractivity contribution < 1.29 is 36.6 Å². The Hall–Kier alpha value is -3.22. The van der Waals surface area contributed by atoms with E-state index in [1.807, 2.05) is 6.07 Å². The van der Waals surface area contributed by atoms with Gasteiger partial charge in [-0.15, -0.1) is 0 Å². The van der Waals surface area contributed by atoms with Crippen LogP contribution in [-0.4, -0.2) is 25.1 Å². The Bertz CT molecular complexity index is 875. The number of alkyl halides is 4. The highest BCUT2D eigenvalue weighted by molar-refractivity contribution is 5.92. The quantitative estimate of drug-likeness (QED) is 0.580. The Morgan fingerprint density at radius 3 is 2.68 bits per heavy atom. The van der Waals surface area contributed by atoms with Crippen molar-refractivity contribution in [2.75, 3.05) is 6.61 Å². The fourth-order valence-electron chi connectivity index (χ4n) is 2.65. The van der Waals surface area contributed by atoms with Gasteiger partial charge in [0.25, 0.3) is 0 Å². The minimum absolute atomic E-state index is 0.0349. The molecule has 1 aliphatic heterocycles. The molecule has 1 atom stereocenters. The van der Waals surface area contributed by atoms with Crippen LogP contribution in [0.4, 0.5) is 17.6 Å². The van der Waals surface area contributed by atoms with Crippen LogP contribution in [0, 0.1) is 11.3 Å². The number of esters is 1. The second-order valence-corrected chi connectivity index (χ2v) is 5.65. The number of carbonyl (C=O) groups excluding carboxylic acids is 1. The predicted octanol–water partition coefficient (Wildman–Crippen LogP) is 3.57. The Morgan fingerprint density at radius 2 is 2.11 bits per heavy atom. The van der Waals surface area contributed by atoms with E-state index in [0.29, 0.717) is 0 Å². The zero-order valence-electron chi connectivity index (χ0n) is 14.8. The molecular weight excluding hydrogens is 384 g/mol. The number of ether oxygens (including phenoxy) is 3. The van der Waals surface area contributed by atoms with Crippen molar-refractivity contribution in [1.29, 1.82) is 5.26 Å². The minimum Gasteiger partial charge on any atom is -0.463 e. The van der Waals surface area contributed by atoms with E-state index < -0.39 is 30.2 Å². The number of allylic oxidation sites excluding steroid dienone is 2. The number of rotatable bonds is 6. The summed E-state index contributed by atoms with van der Waals surface area (Å²) in [6.45, 7) is 3.03. The molecule has 1 aliphatic rings. The van der Waals surface area contributed by atoms with Gasteiger partial charge < -0.3 is 19.9 Å². The van der Waals surface area contributed by atoms with Gasteiger partial charge in [-0.25, -0.2) is 4.79 Å². The van der Waals surface area contributed by atoms with Crippen molar-refractivity contribution in [1.82, 2.24) is 0 Å². The van der Waals surface area contributed by atoms with Gasteiger partial charge in [0.15, 0.2) is 0 Å². The van der Waals surface area contributed by atoms with E-state index in [0.717, 1.165) is 12.1 Å². The highest BCUT2D eigenvalue weighted by atomic mass is 19.3. The van der Waals surface area contributed by atoms with Gasteiger partial charge in [-0.2, -0.15) is 22.8 Å². The fourth-order valence-corrected chi connectivity index (χ4v) is 2.65. The van der Waals surface area contributed by atoms with Crippen molar-refractivity contribution in [2.45, 2.75) is 32.3 Å². The Kier molecular flexibility index (Phi) is 6.18. The molecule has 0 saturated carbocycles. The maximum absolute atomic E-state index is 13.2. The summed E-state index contributed by atoms with van der Waals surface area (Å²) in [5, 5.41) is 9.44. The molecule has 1 aromatic rings. The van der Waals surface area contributed by atoms with Gasteiger partial charge in [0.2, 0.25) is 5.88 Å². The largest absolute Gasteiger partial charge is 0.463 e. The van der Waals surface area contributed by atoms with Gasteiger partial charge in [-0.05, 0) is 31.5 Å². The van der Waals surface area contributed by atoms with Crippen molar-refractivity contribution in [3.8, 4) is 11.8 Å². The van der Waals surface area contributed by atoms with Crippen LogP contribution in [0.2, 0.25) is 0 Å². The summed E-state index contributed by atoms with van der Waals surface area (Å²) in [5.41, 5.74) is 5.63. The van der Waals surface area contributed by atoms with Crippen LogP contribution in [0.3, 0.4) is 0 Å². The first-order valence-corrected chi connectivity index (χ1v) is 8.02. The molecule has 1 heterocycles. The van der Waals surface area contributed by atoms with Gasteiger partial charge in [0, 0.05) is 0 Å². The van der Waals surface area contributed by atoms with E-state index in [4.69, 9.17) is 15.2 Å². The smallest absolute Gasteiger partial charge is 0.461 e.